The molecule has 1 aliphatic rings. The summed E-state index contributed by atoms with van der Waals surface area (Å²) < 4.78 is 5.92. The van der Waals surface area contributed by atoms with E-state index < -0.39 is 11.4 Å². The van der Waals surface area contributed by atoms with Crippen LogP contribution in [0.5, 0.6) is 11.5 Å². The fourth-order valence-corrected chi connectivity index (χ4v) is 3.81. The Kier molecular flexibility index (Phi) is 4.28. The Morgan fingerprint density at radius 3 is 2.45 bits per heavy atom. The molecule has 0 saturated heterocycles. The van der Waals surface area contributed by atoms with E-state index >= 15 is 0 Å². The zero-order valence-electron chi connectivity index (χ0n) is 11.7. The Labute approximate surface area is 126 Å². The number of hydrogen-bond acceptors (Lipinski definition) is 3. The topological polar surface area (TPSA) is 66.8 Å². The van der Waals surface area contributed by atoms with E-state index in [0.717, 1.165) is 19.3 Å². The van der Waals surface area contributed by atoms with Gasteiger partial charge in [-0.2, -0.15) is 0 Å². The zero-order chi connectivity index (χ0) is 14.9. The second kappa shape index (κ2) is 5.64. The number of ether oxygens (including phenoxy) is 1. The molecule has 0 atom stereocenters. The Bertz CT molecular complexity index is 533. The van der Waals surface area contributed by atoms with Gasteiger partial charge in [-0.3, -0.25) is 4.79 Å². The van der Waals surface area contributed by atoms with Crippen LogP contribution >= 0.6 is 15.9 Å². The molecule has 5 heteroatoms. The van der Waals surface area contributed by atoms with Crippen LogP contribution in [0.25, 0.3) is 0 Å². The summed E-state index contributed by atoms with van der Waals surface area (Å²) in [6, 6.07) is 1.70. The van der Waals surface area contributed by atoms with Crippen molar-refractivity contribution in [1.29, 1.82) is 0 Å². The first-order valence-electron chi connectivity index (χ1n) is 6.74. The molecule has 1 aromatic rings. The van der Waals surface area contributed by atoms with Crippen LogP contribution in [0.1, 0.15) is 43.2 Å². The number of aliphatic carboxylic acids is 1. The number of benzene rings is 1. The van der Waals surface area contributed by atoms with Crippen LogP contribution in [-0.4, -0.2) is 23.3 Å². The molecular formula is C15H19BrO4. The molecule has 0 aliphatic heterocycles. The van der Waals surface area contributed by atoms with Crippen molar-refractivity contribution >= 4 is 21.9 Å². The van der Waals surface area contributed by atoms with E-state index in [0.29, 0.717) is 34.2 Å². The lowest BCUT2D eigenvalue weighted by Crippen LogP contribution is -2.38. The first kappa shape index (κ1) is 15.2. The first-order valence-corrected chi connectivity index (χ1v) is 7.53. The third-order valence-corrected chi connectivity index (χ3v) is 4.86. The Morgan fingerprint density at radius 1 is 1.35 bits per heavy atom. The van der Waals surface area contributed by atoms with Crippen LogP contribution in [0.2, 0.25) is 0 Å². The Morgan fingerprint density at radius 2 is 1.95 bits per heavy atom. The van der Waals surface area contributed by atoms with Crippen LogP contribution in [0.3, 0.4) is 0 Å². The van der Waals surface area contributed by atoms with Crippen molar-refractivity contribution in [1.82, 2.24) is 0 Å². The van der Waals surface area contributed by atoms with Gasteiger partial charge in [0.05, 0.1) is 17.0 Å². The minimum Gasteiger partial charge on any atom is -0.507 e. The van der Waals surface area contributed by atoms with Crippen molar-refractivity contribution in [3.05, 3.63) is 21.7 Å². The number of carbonyl (C=O) groups is 1. The van der Waals surface area contributed by atoms with Crippen LogP contribution in [0.4, 0.5) is 0 Å². The maximum absolute atomic E-state index is 11.8. The summed E-state index contributed by atoms with van der Waals surface area (Å²) in [7, 11) is 1.53. The number of aromatic hydroxyl groups is 1. The van der Waals surface area contributed by atoms with Gasteiger partial charge in [0, 0.05) is 11.1 Å². The number of rotatable bonds is 3. The molecule has 0 spiro atoms. The summed E-state index contributed by atoms with van der Waals surface area (Å²) in [5.74, 6) is -0.277. The van der Waals surface area contributed by atoms with Crippen molar-refractivity contribution in [2.24, 2.45) is 0 Å². The molecule has 110 valence electrons. The molecule has 20 heavy (non-hydrogen) atoms. The van der Waals surface area contributed by atoms with Gasteiger partial charge in [-0.25, -0.2) is 0 Å². The summed E-state index contributed by atoms with van der Waals surface area (Å²) in [4.78, 5) is 11.8. The van der Waals surface area contributed by atoms with Gasteiger partial charge in [-0.15, -0.1) is 0 Å². The molecule has 1 aliphatic carbocycles. The van der Waals surface area contributed by atoms with Gasteiger partial charge in [0.1, 0.15) is 11.5 Å². The highest BCUT2D eigenvalue weighted by molar-refractivity contribution is 9.10. The molecule has 1 saturated carbocycles. The first-order chi connectivity index (χ1) is 9.44. The third-order valence-electron chi connectivity index (χ3n) is 4.28. The van der Waals surface area contributed by atoms with Gasteiger partial charge in [-0.05, 0) is 41.8 Å². The molecule has 1 aromatic carbocycles. The maximum Gasteiger partial charge on any atom is 0.314 e. The predicted molar refractivity (Wildman–Crippen MR) is 79.5 cm³/mol. The van der Waals surface area contributed by atoms with Crippen molar-refractivity contribution in [2.45, 2.75) is 44.4 Å². The molecule has 0 bridgehead atoms. The molecule has 0 aromatic heterocycles. The van der Waals surface area contributed by atoms with E-state index in [9.17, 15) is 15.0 Å². The number of phenols is 1. The maximum atomic E-state index is 11.8. The molecule has 0 radical (unpaired) electrons. The lowest BCUT2D eigenvalue weighted by Gasteiger charge is -2.34. The van der Waals surface area contributed by atoms with Crippen LogP contribution in [-0.2, 0) is 10.2 Å². The minimum atomic E-state index is -0.984. The van der Waals surface area contributed by atoms with Gasteiger partial charge in [0.15, 0.2) is 0 Å². The Hall–Kier alpha value is -1.23. The monoisotopic (exact) mass is 342 g/mol. The lowest BCUT2D eigenvalue weighted by molar-refractivity contribution is -0.145. The van der Waals surface area contributed by atoms with E-state index in [2.05, 4.69) is 15.9 Å². The van der Waals surface area contributed by atoms with E-state index in [4.69, 9.17) is 4.74 Å². The molecule has 0 heterocycles. The highest BCUT2D eigenvalue weighted by Gasteiger charge is 2.44. The summed E-state index contributed by atoms with van der Waals surface area (Å²) in [6.07, 6.45) is 3.91. The minimum absolute atomic E-state index is 0.0364. The van der Waals surface area contributed by atoms with Gasteiger partial charge >= 0.3 is 5.97 Å². The third kappa shape index (κ3) is 2.28. The van der Waals surface area contributed by atoms with E-state index in [1.165, 1.54) is 7.11 Å². The molecule has 2 N–H and O–H groups in total. The van der Waals surface area contributed by atoms with Crippen molar-refractivity contribution < 1.29 is 19.7 Å². The second-order valence-electron chi connectivity index (χ2n) is 5.36. The quantitative estimate of drug-likeness (QED) is 0.877. The van der Waals surface area contributed by atoms with Gasteiger partial charge in [-0.1, -0.05) is 19.3 Å². The van der Waals surface area contributed by atoms with Crippen molar-refractivity contribution in [3.8, 4) is 11.5 Å². The van der Waals surface area contributed by atoms with E-state index in [1.807, 2.05) is 0 Å². The molecule has 4 nitrogen and oxygen atoms in total. The lowest BCUT2D eigenvalue weighted by atomic mass is 9.69. The van der Waals surface area contributed by atoms with Gasteiger partial charge in [0.25, 0.3) is 0 Å². The number of hydrogen-bond donors (Lipinski definition) is 2. The summed E-state index contributed by atoms with van der Waals surface area (Å²) in [5, 5.41) is 20.2. The Balaban J connectivity index is 2.63. The summed E-state index contributed by atoms with van der Waals surface area (Å²) in [5.41, 5.74) is 0.0833. The average Bonchev–Trinajstić information content (AvgIpc) is 2.44. The number of carboxylic acid groups (broad SMARTS) is 1. The van der Waals surface area contributed by atoms with Gasteiger partial charge < -0.3 is 14.9 Å². The molecule has 2 rings (SSSR count). The SMILES string of the molecule is COc1c(Br)cc(C2(C(=O)O)CCCCC2)c(O)c1C. The number of methoxy groups -OCH3 is 1. The second-order valence-corrected chi connectivity index (χ2v) is 6.22. The fraction of sp³-hybridized carbons (Fsp3) is 0.533. The average molecular weight is 343 g/mol. The fourth-order valence-electron chi connectivity index (χ4n) is 3.12. The number of carboxylic acids is 1. The molecule has 0 amide bonds. The smallest absolute Gasteiger partial charge is 0.314 e. The number of halogens is 1. The van der Waals surface area contributed by atoms with Crippen LogP contribution in [0.15, 0.2) is 10.5 Å². The van der Waals surface area contributed by atoms with Crippen molar-refractivity contribution in [3.63, 3.8) is 0 Å². The standard InChI is InChI=1S/C15H19BrO4/c1-9-12(17)10(8-11(16)13(9)20-2)15(14(18)19)6-4-3-5-7-15/h8,17H,3-7H2,1-2H3,(H,18,19). The highest BCUT2D eigenvalue weighted by atomic mass is 79.9. The highest BCUT2D eigenvalue weighted by Crippen LogP contribution is 2.48. The largest absolute Gasteiger partial charge is 0.507 e. The van der Waals surface area contributed by atoms with Crippen LogP contribution < -0.4 is 4.74 Å². The van der Waals surface area contributed by atoms with E-state index in [-0.39, 0.29) is 5.75 Å². The van der Waals surface area contributed by atoms with Crippen LogP contribution in [0, 0.1) is 6.92 Å². The molecule has 1 fully saturated rings. The molecule has 0 unspecified atom stereocenters. The van der Waals surface area contributed by atoms with E-state index in [1.54, 1.807) is 13.0 Å². The summed E-state index contributed by atoms with van der Waals surface area (Å²) in [6.45, 7) is 1.74. The predicted octanol–water partition coefficient (Wildman–Crippen LogP) is 3.76. The van der Waals surface area contributed by atoms with Gasteiger partial charge in [0.2, 0.25) is 0 Å². The normalized spacial score (nSPS) is 17.8. The molecular weight excluding hydrogens is 324 g/mol. The summed E-state index contributed by atoms with van der Waals surface area (Å²) >= 11 is 3.40. The van der Waals surface area contributed by atoms with Crippen molar-refractivity contribution in [2.75, 3.05) is 7.11 Å². The number of phenolic OH excluding ortho intramolecular Hbond substituents is 1. The zero-order valence-corrected chi connectivity index (χ0v) is 13.3.